The van der Waals surface area contributed by atoms with Gasteiger partial charge >= 0.3 is 0 Å². The highest BCUT2D eigenvalue weighted by Gasteiger charge is 2.15. The summed E-state index contributed by atoms with van der Waals surface area (Å²) >= 11 is 1.13. The summed E-state index contributed by atoms with van der Waals surface area (Å²) in [6.45, 7) is 2.42. The topological polar surface area (TPSA) is 113 Å². The molecule has 1 amide bonds. The molecule has 0 bridgehead atoms. The number of carboxylic acid groups (broad SMARTS) is 1. The van der Waals surface area contributed by atoms with Crippen LogP contribution in [0.2, 0.25) is 0 Å². The standard InChI is InChI=1S/C25H21N3O5S/c1-2-33-19-13-11-18(12-14-19)28-23(30)20-5-3-4-6-21(20)27-25(28)34-15-22(29)26-17-9-7-16(8-10-17)24(31)32/h3-14H,2,15H2,1H3,(H,26,29)(H,31,32)/p-1. The molecular weight excluding hydrogens is 454 g/mol. The summed E-state index contributed by atoms with van der Waals surface area (Å²) in [4.78, 5) is 41.3. The van der Waals surface area contributed by atoms with Crippen LogP contribution in [0.1, 0.15) is 17.3 Å². The average molecular weight is 475 g/mol. The van der Waals surface area contributed by atoms with Crippen molar-refractivity contribution >= 4 is 40.2 Å². The van der Waals surface area contributed by atoms with Crippen LogP contribution in [0.5, 0.6) is 5.75 Å². The number of ether oxygens (including phenoxy) is 1. The number of hydrogen-bond acceptors (Lipinski definition) is 7. The smallest absolute Gasteiger partial charge is 0.266 e. The number of carbonyl (C=O) groups is 2. The van der Waals surface area contributed by atoms with Crippen molar-refractivity contribution in [2.75, 3.05) is 17.7 Å². The molecule has 3 aromatic carbocycles. The normalized spacial score (nSPS) is 10.7. The second-order valence-corrected chi connectivity index (χ2v) is 8.12. The Hall–Kier alpha value is -4.11. The first-order valence-corrected chi connectivity index (χ1v) is 11.4. The Bertz CT molecular complexity index is 1400. The first kappa shape index (κ1) is 23.1. The molecule has 0 radical (unpaired) electrons. The number of amides is 1. The molecule has 4 rings (SSSR count). The number of carboxylic acids is 1. The molecule has 1 heterocycles. The molecule has 1 N–H and O–H groups in total. The number of rotatable bonds is 8. The van der Waals surface area contributed by atoms with E-state index in [1.54, 1.807) is 48.5 Å². The first-order valence-electron chi connectivity index (χ1n) is 10.5. The van der Waals surface area contributed by atoms with Gasteiger partial charge in [0.15, 0.2) is 5.16 Å². The van der Waals surface area contributed by atoms with Gasteiger partial charge in [0.1, 0.15) is 5.75 Å². The number of anilines is 1. The number of aromatic carboxylic acids is 1. The molecule has 0 atom stereocenters. The molecule has 0 aliphatic rings. The van der Waals surface area contributed by atoms with Gasteiger partial charge in [-0.1, -0.05) is 36.0 Å². The van der Waals surface area contributed by atoms with E-state index >= 15 is 0 Å². The van der Waals surface area contributed by atoms with Gasteiger partial charge in [-0.15, -0.1) is 0 Å². The van der Waals surface area contributed by atoms with Gasteiger partial charge in [0.2, 0.25) is 5.91 Å². The first-order chi connectivity index (χ1) is 16.5. The summed E-state index contributed by atoms with van der Waals surface area (Å²) in [5, 5.41) is 14.4. The molecule has 0 saturated heterocycles. The number of hydrogen-bond donors (Lipinski definition) is 1. The summed E-state index contributed by atoms with van der Waals surface area (Å²) in [5.41, 5.74) is 1.37. The van der Waals surface area contributed by atoms with Crippen LogP contribution in [0, 0.1) is 0 Å². The van der Waals surface area contributed by atoms with Crippen LogP contribution < -0.4 is 20.7 Å². The minimum absolute atomic E-state index is 0.00987. The minimum Gasteiger partial charge on any atom is -0.545 e. The fraction of sp³-hybridized carbons (Fsp3) is 0.120. The molecule has 8 nitrogen and oxygen atoms in total. The third kappa shape index (κ3) is 5.10. The molecule has 9 heteroatoms. The van der Waals surface area contributed by atoms with E-state index in [2.05, 4.69) is 10.3 Å². The lowest BCUT2D eigenvalue weighted by atomic mass is 10.2. The Morgan fingerprint density at radius 1 is 1.03 bits per heavy atom. The third-order valence-electron chi connectivity index (χ3n) is 4.89. The highest BCUT2D eigenvalue weighted by atomic mass is 32.2. The van der Waals surface area contributed by atoms with Gasteiger partial charge in [0.05, 0.1) is 34.9 Å². The molecule has 172 valence electrons. The zero-order chi connectivity index (χ0) is 24.1. The molecule has 34 heavy (non-hydrogen) atoms. The molecule has 0 spiro atoms. The van der Waals surface area contributed by atoms with Crippen molar-refractivity contribution in [3.05, 3.63) is 88.7 Å². The van der Waals surface area contributed by atoms with Crippen molar-refractivity contribution < 1.29 is 19.4 Å². The maximum absolute atomic E-state index is 13.3. The highest BCUT2D eigenvalue weighted by molar-refractivity contribution is 7.99. The van der Waals surface area contributed by atoms with E-state index in [0.29, 0.717) is 39.8 Å². The predicted molar refractivity (Wildman–Crippen MR) is 129 cm³/mol. The van der Waals surface area contributed by atoms with Crippen molar-refractivity contribution in [3.8, 4) is 11.4 Å². The SMILES string of the molecule is CCOc1ccc(-n2c(SCC(=O)Nc3ccc(C(=O)[O-])cc3)nc3ccccc3c2=O)cc1. The Balaban J connectivity index is 1.60. The van der Waals surface area contributed by atoms with Crippen molar-refractivity contribution in [1.82, 2.24) is 9.55 Å². The lowest BCUT2D eigenvalue weighted by Gasteiger charge is -2.14. The zero-order valence-electron chi connectivity index (χ0n) is 18.2. The van der Waals surface area contributed by atoms with E-state index in [1.807, 2.05) is 6.92 Å². The van der Waals surface area contributed by atoms with Crippen molar-refractivity contribution in [3.63, 3.8) is 0 Å². The lowest BCUT2D eigenvalue weighted by molar-refractivity contribution is -0.255. The number of carbonyl (C=O) groups excluding carboxylic acids is 2. The van der Waals surface area contributed by atoms with E-state index in [4.69, 9.17) is 4.74 Å². The maximum atomic E-state index is 13.3. The summed E-state index contributed by atoms with van der Waals surface area (Å²) in [7, 11) is 0. The van der Waals surface area contributed by atoms with Crippen LogP contribution in [0.3, 0.4) is 0 Å². The number of thioether (sulfide) groups is 1. The third-order valence-corrected chi connectivity index (χ3v) is 5.83. The molecule has 0 aliphatic heterocycles. The number of aromatic nitrogens is 2. The monoisotopic (exact) mass is 474 g/mol. The van der Waals surface area contributed by atoms with Crippen molar-refractivity contribution in [2.24, 2.45) is 0 Å². The van der Waals surface area contributed by atoms with Gasteiger partial charge < -0.3 is 20.0 Å². The van der Waals surface area contributed by atoms with E-state index in [9.17, 15) is 19.5 Å². The fourth-order valence-corrected chi connectivity index (χ4v) is 4.12. The zero-order valence-corrected chi connectivity index (χ0v) is 19.0. The maximum Gasteiger partial charge on any atom is 0.266 e. The highest BCUT2D eigenvalue weighted by Crippen LogP contribution is 2.23. The van der Waals surface area contributed by atoms with Crippen LogP contribution >= 0.6 is 11.8 Å². The van der Waals surface area contributed by atoms with Gasteiger partial charge in [-0.2, -0.15) is 0 Å². The van der Waals surface area contributed by atoms with E-state index in [1.165, 1.54) is 28.8 Å². The van der Waals surface area contributed by atoms with E-state index in [0.717, 1.165) is 11.8 Å². The van der Waals surface area contributed by atoms with Crippen molar-refractivity contribution in [1.29, 1.82) is 0 Å². The van der Waals surface area contributed by atoms with Gasteiger partial charge in [-0.3, -0.25) is 14.2 Å². The molecule has 0 fully saturated rings. The number of nitrogens with one attached hydrogen (secondary N) is 1. The second-order valence-electron chi connectivity index (χ2n) is 7.18. The van der Waals surface area contributed by atoms with Gasteiger partial charge in [-0.05, 0) is 61.0 Å². The molecule has 0 saturated carbocycles. The van der Waals surface area contributed by atoms with E-state index < -0.39 is 5.97 Å². The van der Waals surface area contributed by atoms with Gasteiger partial charge in [0, 0.05) is 5.69 Å². The molecule has 0 unspecified atom stereocenters. The Kier molecular flexibility index (Phi) is 6.93. The van der Waals surface area contributed by atoms with Crippen molar-refractivity contribution in [2.45, 2.75) is 12.1 Å². The van der Waals surface area contributed by atoms with Crippen LogP contribution in [0.4, 0.5) is 5.69 Å². The van der Waals surface area contributed by atoms with Crippen LogP contribution in [0.15, 0.2) is 82.7 Å². The summed E-state index contributed by atoms with van der Waals surface area (Å²) < 4.78 is 6.96. The quantitative estimate of drug-likeness (QED) is 0.309. The average Bonchev–Trinajstić information content (AvgIpc) is 2.84. The predicted octanol–water partition coefficient (Wildman–Crippen LogP) is 2.88. The number of fused-ring (bicyclic) bond motifs is 1. The summed E-state index contributed by atoms with van der Waals surface area (Å²) in [5.74, 6) is -0.939. The summed E-state index contributed by atoms with van der Waals surface area (Å²) in [6, 6.07) is 19.8. The minimum atomic E-state index is -1.29. The van der Waals surface area contributed by atoms with Gasteiger partial charge in [-0.25, -0.2) is 4.98 Å². The van der Waals surface area contributed by atoms with Crippen LogP contribution in [0.25, 0.3) is 16.6 Å². The molecule has 1 aromatic heterocycles. The number of benzene rings is 3. The largest absolute Gasteiger partial charge is 0.545 e. The summed E-state index contributed by atoms with van der Waals surface area (Å²) in [6.07, 6.45) is 0. The Labute approximate surface area is 199 Å². The number of nitrogens with zero attached hydrogens (tertiary/aromatic N) is 2. The van der Waals surface area contributed by atoms with Gasteiger partial charge in [0.25, 0.3) is 5.56 Å². The number of para-hydroxylation sites is 1. The molecule has 0 aliphatic carbocycles. The second kappa shape index (κ2) is 10.2. The Morgan fingerprint density at radius 3 is 2.41 bits per heavy atom. The Morgan fingerprint density at radius 2 is 1.74 bits per heavy atom. The lowest BCUT2D eigenvalue weighted by Crippen LogP contribution is -2.23. The fourth-order valence-electron chi connectivity index (χ4n) is 3.31. The van der Waals surface area contributed by atoms with Crippen LogP contribution in [-0.4, -0.2) is 33.8 Å². The van der Waals surface area contributed by atoms with Crippen LogP contribution in [-0.2, 0) is 4.79 Å². The van der Waals surface area contributed by atoms with E-state index in [-0.39, 0.29) is 22.8 Å². The molecular formula is C25H20N3O5S-. The molecule has 4 aromatic rings.